The van der Waals surface area contributed by atoms with Gasteiger partial charge in [-0.2, -0.15) is 0 Å². The zero-order chi connectivity index (χ0) is 23.6. The van der Waals surface area contributed by atoms with E-state index < -0.39 is 9.84 Å². The van der Waals surface area contributed by atoms with Crippen molar-refractivity contribution < 1.29 is 13.2 Å². The number of hydrogen-bond acceptors (Lipinski definition) is 6. The number of para-hydroxylation sites is 1. The number of nitrogens with zero attached hydrogens (tertiary/aromatic N) is 4. The van der Waals surface area contributed by atoms with Crippen LogP contribution in [0.1, 0.15) is 25.3 Å². The van der Waals surface area contributed by atoms with Crippen molar-refractivity contribution in [2.45, 2.75) is 39.4 Å². The lowest BCUT2D eigenvalue weighted by molar-refractivity contribution is 0.155. The molecule has 0 bridgehead atoms. The molecule has 0 radical (unpaired) electrons. The highest BCUT2D eigenvalue weighted by Gasteiger charge is 2.32. The van der Waals surface area contributed by atoms with Crippen molar-refractivity contribution >= 4 is 22.1 Å². The molecule has 3 aromatic rings. The van der Waals surface area contributed by atoms with Crippen LogP contribution in [0.3, 0.4) is 0 Å². The molecule has 0 N–H and O–H groups in total. The predicted octanol–water partition coefficient (Wildman–Crippen LogP) is 4.24. The minimum atomic E-state index is -2.98. The van der Waals surface area contributed by atoms with E-state index in [4.69, 9.17) is 22.1 Å². The highest BCUT2D eigenvalue weighted by Crippen LogP contribution is 2.31. The first-order chi connectivity index (χ1) is 15.8. The number of benzene rings is 2. The molecule has 1 atom stereocenters. The van der Waals surface area contributed by atoms with Crippen LogP contribution < -0.4 is 4.74 Å². The van der Waals surface area contributed by atoms with Gasteiger partial charge in [-0.05, 0) is 62.8 Å². The van der Waals surface area contributed by atoms with Gasteiger partial charge in [0, 0.05) is 11.7 Å². The molecule has 33 heavy (non-hydrogen) atoms. The van der Waals surface area contributed by atoms with Crippen molar-refractivity contribution in [3.63, 3.8) is 0 Å². The standard InChI is InChI=1S/C24H30N4O3S2/c1-4-14-26(20-13-15-33(29,30)16-20)17-27-24(32)28(19-11-9-18(2)10-12-19)23(25-27)21-7-5-6-8-22(21)31-3/h5-12,20H,4,13-17H2,1-3H3. The quantitative estimate of drug-likeness (QED) is 0.444. The zero-order valence-electron chi connectivity index (χ0n) is 19.3. The van der Waals surface area contributed by atoms with Gasteiger partial charge < -0.3 is 4.74 Å². The first-order valence-corrected chi connectivity index (χ1v) is 13.4. The number of hydrogen-bond donors (Lipinski definition) is 0. The second-order valence-electron chi connectivity index (χ2n) is 8.49. The Balaban J connectivity index is 1.81. The van der Waals surface area contributed by atoms with Crippen LogP contribution in [-0.4, -0.2) is 58.9 Å². The zero-order valence-corrected chi connectivity index (χ0v) is 20.9. The summed E-state index contributed by atoms with van der Waals surface area (Å²) in [7, 11) is -1.34. The van der Waals surface area contributed by atoms with Crippen LogP contribution in [0.15, 0.2) is 48.5 Å². The lowest BCUT2D eigenvalue weighted by Gasteiger charge is -2.27. The molecule has 1 aliphatic heterocycles. The maximum absolute atomic E-state index is 12.1. The van der Waals surface area contributed by atoms with Gasteiger partial charge in [0.25, 0.3) is 0 Å². The topological polar surface area (TPSA) is 69.4 Å². The molecule has 1 aromatic heterocycles. The first-order valence-electron chi connectivity index (χ1n) is 11.2. The van der Waals surface area contributed by atoms with E-state index in [1.165, 1.54) is 0 Å². The van der Waals surface area contributed by atoms with Gasteiger partial charge in [0.2, 0.25) is 4.77 Å². The molecule has 0 aliphatic carbocycles. The Labute approximate surface area is 200 Å². The fourth-order valence-corrected chi connectivity index (χ4v) is 6.37. The molecule has 1 fully saturated rings. The Morgan fingerprint density at radius 2 is 1.91 bits per heavy atom. The normalized spacial score (nSPS) is 17.5. The highest BCUT2D eigenvalue weighted by molar-refractivity contribution is 7.91. The third kappa shape index (κ3) is 5.05. The van der Waals surface area contributed by atoms with Gasteiger partial charge in [0.15, 0.2) is 15.7 Å². The summed E-state index contributed by atoms with van der Waals surface area (Å²) >= 11 is 5.91. The fourth-order valence-electron chi connectivity index (χ4n) is 4.32. The van der Waals surface area contributed by atoms with Gasteiger partial charge in [-0.15, -0.1) is 5.10 Å². The van der Waals surface area contributed by atoms with Crippen molar-refractivity contribution in [2.24, 2.45) is 0 Å². The van der Waals surface area contributed by atoms with E-state index in [2.05, 4.69) is 11.8 Å². The maximum atomic E-state index is 12.1. The molecule has 7 nitrogen and oxygen atoms in total. The Kier molecular flexibility index (Phi) is 7.02. The van der Waals surface area contributed by atoms with E-state index in [1.54, 1.807) is 11.8 Å². The van der Waals surface area contributed by atoms with Crippen molar-refractivity contribution in [1.29, 1.82) is 0 Å². The van der Waals surface area contributed by atoms with Gasteiger partial charge in [-0.3, -0.25) is 9.47 Å². The van der Waals surface area contributed by atoms with Gasteiger partial charge in [0.1, 0.15) is 5.75 Å². The van der Waals surface area contributed by atoms with E-state index in [0.29, 0.717) is 29.4 Å². The minimum absolute atomic E-state index is 0.0175. The Bertz CT molecular complexity index is 1280. The van der Waals surface area contributed by atoms with E-state index in [-0.39, 0.29) is 17.5 Å². The van der Waals surface area contributed by atoms with Crippen molar-refractivity contribution in [3.05, 3.63) is 58.9 Å². The number of aromatic nitrogens is 3. The summed E-state index contributed by atoms with van der Waals surface area (Å²) in [6, 6.07) is 15.9. The van der Waals surface area contributed by atoms with E-state index >= 15 is 0 Å². The van der Waals surface area contributed by atoms with Crippen LogP contribution in [-0.2, 0) is 16.5 Å². The summed E-state index contributed by atoms with van der Waals surface area (Å²) in [4.78, 5) is 2.19. The van der Waals surface area contributed by atoms with Crippen molar-refractivity contribution in [2.75, 3.05) is 25.2 Å². The first kappa shape index (κ1) is 23.7. The van der Waals surface area contributed by atoms with Crippen LogP contribution in [0.5, 0.6) is 5.75 Å². The van der Waals surface area contributed by atoms with Crippen molar-refractivity contribution in [3.8, 4) is 22.8 Å². The van der Waals surface area contributed by atoms with E-state index in [0.717, 1.165) is 29.8 Å². The summed E-state index contributed by atoms with van der Waals surface area (Å²) < 4.78 is 34.1. The molecule has 0 saturated carbocycles. The van der Waals surface area contributed by atoms with Gasteiger partial charge in [0.05, 0.1) is 30.8 Å². The molecule has 1 unspecified atom stereocenters. The van der Waals surface area contributed by atoms with Crippen molar-refractivity contribution in [1.82, 2.24) is 19.2 Å². The summed E-state index contributed by atoms with van der Waals surface area (Å²) in [6.07, 6.45) is 1.57. The van der Waals surface area contributed by atoms with Crippen LogP contribution in [0.4, 0.5) is 0 Å². The number of methoxy groups -OCH3 is 1. The molecule has 1 aliphatic rings. The van der Waals surface area contributed by atoms with Gasteiger partial charge >= 0.3 is 0 Å². The van der Waals surface area contributed by atoms with Crippen LogP contribution in [0, 0.1) is 11.7 Å². The monoisotopic (exact) mass is 486 g/mol. The Morgan fingerprint density at radius 3 is 2.55 bits per heavy atom. The third-order valence-corrected chi connectivity index (χ3v) is 8.17. The number of aryl methyl sites for hydroxylation is 1. The summed E-state index contributed by atoms with van der Waals surface area (Å²) in [5.41, 5.74) is 2.92. The second kappa shape index (κ2) is 9.79. The van der Waals surface area contributed by atoms with E-state index in [1.807, 2.05) is 60.0 Å². The molecule has 4 rings (SSSR count). The smallest absolute Gasteiger partial charge is 0.204 e. The minimum Gasteiger partial charge on any atom is -0.496 e. The molecule has 2 heterocycles. The van der Waals surface area contributed by atoms with Gasteiger partial charge in [-0.1, -0.05) is 36.8 Å². The second-order valence-corrected chi connectivity index (χ2v) is 11.1. The molecule has 9 heteroatoms. The van der Waals surface area contributed by atoms with Crippen LogP contribution in [0.25, 0.3) is 17.1 Å². The third-order valence-electron chi connectivity index (χ3n) is 6.03. The molecule has 0 amide bonds. The van der Waals surface area contributed by atoms with E-state index in [9.17, 15) is 8.42 Å². The lowest BCUT2D eigenvalue weighted by Crippen LogP contribution is -2.38. The van der Waals surface area contributed by atoms with Crippen LogP contribution in [0.2, 0.25) is 0 Å². The largest absolute Gasteiger partial charge is 0.496 e. The predicted molar refractivity (Wildman–Crippen MR) is 133 cm³/mol. The molecular formula is C24H30N4O3S2. The average Bonchev–Trinajstić information content (AvgIpc) is 3.33. The SMILES string of the molecule is CCCN(Cn1nc(-c2ccccc2OC)n(-c2ccc(C)cc2)c1=S)C1CCS(=O)(=O)C1. The maximum Gasteiger partial charge on any atom is 0.204 e. The van der Waals surface area contributed by atoms with Gasteiger partial charge in [-0.25, -0.2) is 13.1 Å². The highest BCUT2D eigenvalue weighted by atomic mass is 32.2. The number of rotatable bonds is 8. The lowest BCUT2D eigenvalue weighted by atomic mass is 10.1. The molecule has 2 aromatic carbocycles. The number of ether oxygens (including phenoxy) is 1. The molecule has 1 saturated heterocycles. The fraction of sp³-hybridized carbons (Fsp3) is 0.417. The average molecular weight is 487 g/mol. The molecular weight excluding hydrogens is 456 g/mol. The Hall–Kier alpha value is -2.49. The molecule has 176 valence electrons. The summed E-state index contributed by atoms with van der Waals surface area (Å²) in [5, 5.41) is 4.92. The molecule has 0 spiro atoms. The summed E-state index contributed by atoms with van der Waals surface area (Å²) in [5.74, 6) is 1.84. The van der Waals surface area contributed by atoms with Crippen LogP contribution >= 0.6 is 12.2 Å². The Morgan fingerprint density at radius 1 is 1.18 bits per heavy atom. The summed E-state index contributed by atoms with van der Waals surface area (Å²) in [6.45, 7) is 5.37. The number of sulfone groups is 1.